The number of aryl methyl sites for hydroxylation is 3. The van der Waals surface area contributed by atoms with Crippen molar-refractivity contribution in [2.75, 3.05) is 26.2 Å². The normalized spacial score (nSPS) is 16.2. The van der Waals surface area contributed by atoms with E-state index < -0.39 is 14.9 Å². The van der Waals surface area contributed by atoms with Crippen molar-refractivity contribution in [3.63, 3.8) is 0 Å². The first kappa shape index (κ1) is 20.4. The van der Waals surface area contributed by atoms with Crippen LogP contribution in [0.25, 0.3) is 0 Å². The molecule has 0 bridgehead atoms. The second-order valence-corrected chi connectivity index (χ2v) is 9.21. The molecule has 8 heteroatoms. The van der Waals surface area contributed by atoms with E-state index in [0.717, 1.165) is 22.3 Å². The number of nitro benzene ring substituents is 1. The molecular formula is C20H25N3O4S. The molecule has 0 aliphatic carbocycles. The van der Waals surface area contributed by atoms with Gasteiger partial charge < -0.3 is 0 Å². The van der Waals surface area contributed by atoms with Crippen molar-refractivity contribution < 1.29 is 13.3 Å². The van der Waals surface area contributed by atoms with E-state index in [1.807, 2.05) is 32.9 Å². The molecule has 7 nitrogen and oxygen atoms in total. The molecule has 0 radical (unpaired) electrons. The Hall–Kier alpha value is -2.29. The number of nitrogens with zero attached hydrogens (tertiary/aromatic N) is 3. The summed E-state index contributed by atoms with van der Waals surface area (Å²) in [6.45, 7) is 8.42. The number of non-ortho nitro benzene ring substituents is 1. The fraction of sp³-hybridized carbons (Fsp3) is 0.400. The number of piperazine rings is 1. The van der Waals surface area contributed by atoms with Crippen LogP contribution in [0.5, 0.6) is 0 Å². The second kappa shape index (κ2) is 7.98. The summed E-state index contributed by atoms with van der Waals surface area (Å²) < 4.78 is 27.9. The van der Waals surface area contributed by atoms with Crippen molar-refractivity contribution in [1.82, 2.24) is 9.21 Å². The van der Waals surface area contributed by atoms with Gasteiger partial charge >= 0.3 is 0 Å². The quantitative estimate of drug-likeness (QED) is 0.566. The molecule has 0 saturated carbocycles. The zero-order valence-electron chi connectivity index (χ0n) is 16.4. The average Bonchev–Trinajstić information content (AvgIpc) is 2.61. The van der Waals surface area contributed by atoms with Gasteiger partial charge in [-0.15, -0.1) is 0 Å². The monoisotopic (exact) mass is 403 g/mol. The van der Waals surface area contributed by atoms with E-state index in [9.17, 15) is 18.5 Å². The van der Waals surface area contributed by atoms with E-state index in [1.165, 1.54) is 12.1 Å². The molecule has 28 heavy (non-hydrogen) atoms. The summed E-state index contributed by atoms with van der Waals surface area (Å²) in [5, 5.41) is 10.7. The van der Waals surface area contributed by atoms with Gasteiger partial charge in [0, 0.05) is 44.9 Å². The van der Waals surface area contributed by atoms with Gasteiger partial charge in [-0.1, -0.05) is 29.8 Å². The molecule has 150 valence electrons. The molecule has 0 amide bonds. The van der Waals surface area contributed by atoms with Crippen LogP contribution in [-0.2, 0) is 16.6 Å². The summed E-state index contributed by atoms with van der Waals surface area (Å²) in [6.07, 6.45) is 0. The topological polar surface area (TPSA) is 83.8 Å². The predicted molar refractivity (Wildman–Crippen MR) is 108 cm³/mol. The van der Waals surface area contributed by atoms with Crippen molar-refractivity contribution in [2.45, 2.75) is 32.2 Å². The van der Waals surface area contributed by atoms with Crippen LogP contribution in [-0.4, -0.2) is 48.7 Å². The maximum atomic E-state index is 13.2. The Kier molecular flexibility index (Phi) is 5.83. The van der Waals surface area contributed by atoms with Crippen molar-refractivity contribution in [2.24, 2.45) is 0 Å². The lowest BCUT2D eigenvalue weighted by molar-refractivity contribution is -0.384. The lowest BCUT2D eigenvalue weighted by Crippen LogP contribution is -2.48. The molecular weight excluding hydrogens is 378 g/mol. The Labute approximate surface area is 165 Å². The minimum absolute atomic E-state index is 0.0727. The van der Waals surface area contributed by atoms with Gasteiger partial charge in [-0.3, -0.25) is 15.0 Å². The highest BCUT2D eigenvalue weighted by atomic mass is 32.2. The molecule has 0 spiro atoms. The Bertz CT molecular complexity index is 956. The van der Waals surface area contributed by atoms with Gasteiger partial charge in [0.15, 0.2) is 0 Å². The fourth-order valence-corrected chi connectivity index (χ4v) is 5.65. The summed E-state index contributed by atoms with van der Waals surface area (Å²) in [5.41, 5.74) is 3.68. The Morgan fingerprint density at radius 1 is 0.964 bits per heavy atom. The third-order valence-corrected chi connectivity index (χ3v) is 7.29. The summed E-state index contributed by atoms with van der Waals surface area (Å²) in [6, 6.07) is 10.3. The van der Waals surface area contributed by atoms with Gasteiger partial charge in [0.2, 0.25) is 10.0 Å². The van der Waals surface area contributed by atoms with Crippen molar-refractivity contribution in [3.05, 3.63) is 68.8 Å². The number of hydrogen-bond donors (Lipinski definition) is 0. The lowest BCUT2D eigenvalue weighted by atomic mass is 10.1. The Morgan fingerprint density at radius 3 is 2.00 bits per heavy atom. The zero-order chi connectivity index (χ0) is 20.5. The smallest absolute Gasteiger partial charge is 0.269 e. The molecule has 0 N–H and O–H groups in total. The predicted octanol–water partition coefficient (Wildman–Crippen LogP) is 3.03. The summed E-state index contributed by atoms with van der Waals surface area (Å²) in [5.74, 6) is 0. The molecule has 3 rings (SSSR count). The second-order valence-electron chi connectivity index (χ2n) is 7.33. The van der Waals surface area contributed by atoms with Crippen LogP contribution in [0.15, 0.2) is 41.3 Å². The minimum atomic E-state index is -3.52. The standard InChI is InChI=1S/C20H25N3O4S/c1-15-12-16(2)20(17(3)13-15)28(26,27)22-10-8-21(9-11-22)14-18-4-6-19(7-5-18)23(24)25/h4-7,12-13H,8-11,14H2,1-3H3. The Morgan fingerprint density at radius 2 is 1.50 bits per heavy atom. The molecule has 1 saturated heterocycles. The summed E-state index contributed by atoms with van der Waals surface area (Å²) in [4.78, 5) is 12.9. The van der Waals surface area contributed by atoms with Crippen LogP contribution in [0.2, 0.25) is 0 Å². The van der Waals surface area contributed by atoms with Crippen LogP contribution < -0.4 is 0 Å². The number of benzene rings is 2. The highest BCUT2D eigenvalue weighted by Crippen LogP contribution is 2.26. The maximum absolute atomic E-state index is 13.2. The van der Waals surface area contributed by atoms with Crippen LogP contribution in [0.4, 0.5) is 5.69 Å². The molecule has 0 unspecified atom stereocenters. The van der Waals surface area contributed by atoms with Crippen molar-refractivity contribution in [3.8, 4) is 0 Å². The van der Waals surface area contributed by atoms with Crippen LogP contribution in [0.3, 0.4) is 0 Å². The largest absolute Gasteiger partial charge is 0.296 e. The van der Waals surface area contributed by atoms with E-state index in [-0.39, 0.29) is 5.69 Å². The van der Waals surface area contributed by atoms with Crippen LogP contribution in [0, 0.1) is 30.9 Å². The first-order valence-electron chi connectivity index (χ1n) is 9.22. The Balaban J connectivity index is 1.67. The van der Waals surface area contributed by atoms with Gasteiger partial charge in [-0.2, -0.15) is 4.31 Å². The van der Waals surface area contributed by atoms with Crippen molar-refractivity contribution in [1.29, 1.82) is 0 Å². The van der Waals surface area contributed by atoms with Crippen LogP contribution in [0.1, 0.15) is 22.3 Å². The van der Waals surface area contributed by atoms with E-state index in [2.05, 4.69) is 4.90 Å². The van der Waals surface area contributed by atoms with Crippen molar-refractivity contribution >= 4 is 15.7 Å². The molecule has 1 heterocycles. The number of nitro groups is 1. The van der Waals surface area contributed by atoms with E-state index >= 15 is 0 Å². The average molecular weight is 404 g/mol. The molecule has 2 aromatic rings. The molecule has 2 aromatic carbocycles. The van der Waals surface area contributed by atoms with Gasteiger partial charge in [-0.05, 0) is 37.5 Å². The zero-order valence-corrected chi connectivity index (χ0v) is 17.2. The third kappa shape index (κ3) is 4.24. The SMILES string of the molecule is Cc1cc(C)c(S(=O)(=O)N2CCN(Cc3ccc([N+](=O)[O-])cc3)CC2)c(C)c1. The lowest BCUT2D eigenvalue weighted by Gasteiger charge is -2.34. The summed E-state index contributed by atoms with van der Waals surface area (Å²) >= 11 is 0. The molecule has 1 aliphatic heterocycles. The molecule has 0 aromatic heterocycles. The van der Waals surface area contributed by atoms with E-state index in [0.29, 0.717) is 37.6 Å². The molecule has 0 atom stereocenters. The number of sulfonamides is 1. The van der Waals surface area contributed by atoms with E-state index in [4.69, 9.17) is 0 Å². The highest BCUT2D eigenvalue weighted by Gasteiger charge is 2.30. The van der Waals surface area contributed by atoms with Gasteiger partial charge in [-0.25, -0.2) is 8.42 Å². The minimum Gasteiger partial charge on any atom is -0.296 e. The van der Waals surface area contributed by atoms with Gasteiger partial charge in [0.25, 0.3) is 5.69 Å². The van der Waals surface area contributed by atoms with E-state index in [1.54, 1.807) is 16.4 Å². The molecule has 1 aliphatic rings. The van der Waals surface area contributed by atoms with Gasteiger partial charge in [0.05, 0.1) is 9.82 Å². The number of rotatable bonds is 5. The summed E-state index contributed by atoms with van der Waals surface area (Å²) in [7, 11) is -3.52. The van der Waals surface area contributed by atoms with Crippen LogP contribution >= 0.6 is 0 Å². The first-order chi connectivity index (χ1) is 13.2. The third-order valence-electron chi connectivity index (χ3n) is 5.09. The van der Waals surface area contributed by atoms with Gasteiger partial charge in [0.1, 0.15) is 0 Å². The highest BCUT2D eigenvalue weighted by molar-refractivity contribution is 7.89. The maximum Gasteiger partial charge on any atom is 0.269 e. The molecule has 1 fully saturated rings. The number of hydrogen-bond acceptors (Lipinski definition) is 5. The fourth-order valence-electron chi connectivity index (χ4n) is 3.81. The first-order valence-corrected chi connectivity index (χ1v) is 10.7.